The molecule has 8 nitrogen and oxygen atoms in total. The molecule has 0 radical (unpaired) electrons. The van der Waals surface area contributed by atoms with Crippen LogP contribution in [-0.2, 0) is 9.59 Å². The maximum atomic E-state index is 12.3. The summed E-state index contributed by atoms with van der Waals surface area (Å²) in [6.07, 6.45) is 1.69. The first-order chi connectivity index (χ1) is 14.4. The van der Waals surface area contributed by atoms with Gasteiger partial charge in [-0.1, -0.05) is 6.07 Å². The number of carbonyl (C=O) groups is 2. The van der Waals surface area contributed by atoms with E-state index in [-0.39, 0.29) is 11.7 Å². The number of amides is 1. The minimum absolute atomic E-state index is 0.154. The molecule has 0 unspecified atom stereocenters. The number of phenolic OH excluding ortho intramolecular Hbond substituents is 1. The highest BCUT2D eigenvalue weighted by molar-refractivity contribution is 8.18. The molecule has 0 atom stereocenters. The van der Waals surface area contributed by atoms with Gasteiger partial charge in [0.05, 0.1) is 17.2 Å². The number of aromatic hydroxyl groups is 1. The Hall–Kier alpha value is -3.46. The zero-order valence-electron chi connectivity index (χ0n) is 16.3. The number of carboxylic acids is 1. The minimum Gasteiger partial charge on any atom is -0.508 e. The Bertz CT molecular complexity index is 1050. The van der Waals surface area contributed by atoms with E-state index in [9.17, 15) is 14.7 Å². The van der Waals surface area contributed by atoms with Crippen molar-refractivity contribution >= 4 is 40.6 Å². The van der Waals surface area contributed by atoms with Crippen molar-refractivity contribution in [1.29, 1.82) is 0 Å². The Morgan fingerprint density at radius 3 is 2.70 bits per heavy atom. The van der Waals surface area contributed by atoms with Crippen LogP contribution in [0.2, 0.25) is 0 Å². The molecule has 0 spiro atoms. The van der Waals surface area contributed by atoms with E-state index in [2.05, 4.69) is 10.3 Å². The highest BCUT2D eigenvalue weighted by Crippen LogP contribution is 2.33. The smallest absolute Gasteiger partial charge is 0.341 e. The number of carboxylic acid groups (broad SMARTS) is 1. The van der Waals surface area contributed by atoms with Crippen LogP contribution in [0.15, 0.2) is 46.3 Å². The molecule has 0 aromatic heterocycles. The molecule has 1 aliphatic heterocycles. The zero-order chi connectivity index (χ0) is 21.7. The van der Waals surface area contributed by atoms with E-state index in [1.807, 2.05) is 6.92 Å². The molecule has 1 amide bonds. The third-order valence-electron chi connectivity index (χ3n) is 3.97. The first-order valence-electron chi connectivity index (χ1n) is 9.06. The quantitative estimate of drug-likeness (QED) is 0.578. The number of hydrogen-bond acceptors (Lipinski definition) is 7. The number of hydrogen-bond donors (Lipinski definition) is 3. The second-order valence-electron chi connectivity index (χ2n) is 6.27. The summed E-state index contributed by atoms with van der Waals surface area (Å²) in [5.74, 6) is -0.501. The van der Waals surface area contributed by atoms with Crippen molar-refractivity contribution in [3.63, 3.8) is 0 Å². The minimum atomic E-state index is -1.08. The highest BCUT2D eigenvalue weighted by atomic mass is 32.2. The average molecular weight is 428 g/mol. The Balaban J connectivity index is 1.82. The number of rotatable bonds is 7. The Kier molecular flexibility index (Phi) is 6.63. The number of thioether (sulfide) groups is 1. The summed E-state index contributed by atoms with van der Waals surface area (Å²) in [5.41, 5.74) is 2.13. The molecule has 3 N–H and O–H groups in total. The van der Waals surface area contributed by atoms with E-state index in [0.29, 0.717) is 39.4 Å². The standard InChI is InChI=1S/C21H20N2O6S/c1-3-28-17-9-13(4-7-16(17)29-11-19(25)26)10-18-20(27)23-21(30-18)22-15-6-5-14(24)8-12(15)2/h4-10,24H,3,11H2,1-2H3,(H,25,26)(H,22,23,27)/b18-10+. The van der Waals surface area contributed by atoms with Gasteiger partial charge in [-0.05, 0) is 73.1 Å². The SMILES string of the molecule is CCOc1cc(/C=C2/SC(=Nc3ccc(O)cc3C)NC2=O)ccc1OCC(=O)O. The first kappa shape index (κ1) is 21.3. The molecule has 1 saturated heterocycles. The molecule has 1 fully saturated rings. The van der Waals surface area contributed by atoms with Crippen molar-refractivity contribution in [1.82, 2.24) is 5.32 Å². The lowest BCUT2D eigenvalue weighted by Crippen LogP contribution is -2.19. The number of aryl methyl sites for hydroxylation is 1. The number of nitrogens with zero attached hydrogens (tertiary/aromatic N) is 1. The van der Waals surface area contributed by atoms with Gasteiger partial charge in [0.2, 0.25) is 0 Å². The summed E-state index contributed by atoms with van der Waals surface area (Å²) in [4.78, 5) is 27.9. The average Bonchev–Trinajstić information content (AvgIpc) is 3.02. The Morgan fingerprint density at radius 1 is 1.20 bits per heavy atom. The fourth-order valence-electron chi connectivity index (χ4n) is 2.65. The van der Waals surface area contributed by atoms with Gasteiger partial charge in [0.15, 0.2) is 23.3 Å². The monoisotopic (exact) mass is 428 g/mol. The zero-order valence-corrected chi connectivity index (χ0v) is 17.2. The third kappa shape index (κ3) is 5.32. The van der Waals surface area contributed by atoms with Crippen molar-refractivity contribution in [2.75, 3.05) is 13.2 Å². The number of benzene rings is 2. The lowest BCUT2D eigenvalue weighted by Gasteiger charge is -2.11. The van der Waals surface area contributed by atoms with Crippen LogP contribution in [0, 0.1) is 6.92 Å². The second-order valence-corrected chi connectivity index (χ2v) is 7.30. The number of aliphatic carboxylic acids is 1. The Labute approximate surface area is 177 Å². The predicted octanol–water partition coefficient (Wildman–Crippen LogP) is 3.45. The van der Waals surface area contributed by atoms with Gasteiger partial charge >= 0.3 is 5.97 Å². The number of phenols is 1. The summed E-state index contributed by atoms with van der Waals surface area (Å²) in [6.45, 7) is 3.53. The molecule has 1 heterocycles. The lowest BCUT2D eigenvalue weighted by atomic mass is 10.2. The molecule has 30 heavy (non-hydrogen) atoms. The summed E-state index contributed by atoms with van der Waals surface area (Å²) in [5, 5.41) is 21.4. The van der Waals surface area contributed by atoms with Crippen LogP contribution in [0.3, 0.4) is 0 Å². The van der Waals surface area contributed by atoms with Gasteiger partial charge < -0.3 is 25.0 Å². The van der Waals surface area contributed by atoms with Gasteiger partial charge in [-0.25, -0.2) is 9.79 Å². The van der Waals surface area contributed by atoms with E-state index >= 15 is 0 Å². The molecule has 3 rings (SSSR count). The number of amidine groups is 1. The van der Waals surface area contributed by atoms with E-state index < -0.39 is 12.6 Å². The largest absolute Gasteiger partial charge is 0.508 e. The maximum Gasteiger partial charge on any atom is 0.341 e. The number of carbonyl (C=O) groups excluding carboxylic acids is 1. The molecular weight excluding hydrogens is 408 g/mol. The van der Waals surface area contributed by atoms with Crippen molar-refractivity contribution in [2.24, 2.45) is 4.99 Å². The molecule has 2 aromatic rings. The Morgan fingerprint density at radius 2 is 2.00 bits per heavy atom. The van der Waals surface area contributed by atoms with Gasteiger partial charge in [0, 0.05) is 0 Å². The van der Waals surface area contributed by atoms with Crippen molar-refractivity contribution in [3.8, 4) is 17.2 Å². The first-order valence-corrected chi connectivity index (χ1v) is 9.88. The van der Waals surface area contributed by atoms with E-state index in [1.54, 1.807) is 43.3 Å². The molecule has 0 aliphatic carbocycles. The van der Waals surface area contributed by atoms with Gasteiger partial charge in [-0.2, -0.15) is 0 Å². The third-order valence-corrected chi connectivity index (χ3v) is 4.88. The van der Waals surface area contributed by atoms with Gasteiger partial charge in [-0.15, -0.1) is 0 Å². The summed E-state index contributed by atoms with van der Waals surface area (Å²) < 4.78 is 10.8. The van der Waals surface area contributed by atoms with E-state index in [4.69, 9.17) is 14.6 Å². The molecule has 0 saturated carbocycles. The van der Waals surface area contributed by atoms with Crippen LogP contribution in [-0.4, -0.2) is 40.5 Å². The van der Waals surface area contributed by atoms with Crippen LogP contribution in [0.5, 0.6) is 17.2 Å². The van der Waals surface area contributed by atoms with Crippen LogP contribution in [0.4, 0.5) is 5.69 Å². The predicted molar refractivity (Wildman–Crippen MR) is 114 cm³/mol. The topological polar surface area (TPSA) is 117 Å². The van der Waals surface area contributed by atoms with Crippen LogP contribution in [0.1, 0.15) is 18.1 Å². The number of aliphatic imine (C=N–C) groups is 1. The van der Waals surface area contributed by atoms with Crippen LogP contribution in [0.25, 0.3) is 6.08 Å². The maximum absolute atomic E-state index is 12.3. The molecule has 156 valence electrons. The van der Waals surface area contributed by atoms with Crippen LogP contribution < -0.4 is 14.8 Å². The van der Waals surface area contributed by atoms with Gasteiger partial charge in [-0.3, -0.25) is 4.79 Å². The van der Waals surface area contributed by atoms with E-state index in [1.165, 1.54) is 17.8 Å². The van der Waals surface area contributed by atoms with Crippen molar-refractivity contribution in [2.45, 2.75) is 13.8 Å². The second kappa shape index (κ2) is 9.36. The fraction of sp³-hybridized carbons (Fsp3) is 0.190. The van der Waals surface area contributed by atoms with Gasteiger partial charge in [0.25, 0.3) is 5.91 Å². The molecule has 1 aliphatic rings. The lowest BCUT2D eigenvalue weighted by molar-refractivity contribution is -0.139. The van der Waals surface area contributed by atoms with E-state index in [0.717, 1.165) is 5.56 Å². The summed E-state index contributed by atoms with van der Waals surface area (Å²) in [7, 11) is 0. The summed E-state index contributed by atoms with van der Waals surface area (Å²) >= 11 is 1.20. The summed E-state index contributed by atoms with van der Waals surface area (Å²) in [6, 6.07) is 9.80. The molecule has 2 aromatic carbocycles. The van der Waals surface area contributed by atoms with Crippen LogP contribution >= 0.6 is 11.8 Å². The van der Waals surface area contributed by atoms with Gasteiger partial charge in [0.1, 0.15) is 5.75 Å². The highest BCUT2D eigenvalue weighted by Gasteiger charge is 2.24. The number of nitrogens with one attached hydrogen (secondary N) is 1. The molecule has 9 heteroatoms. The molecule has 0 bridgehead atoms. The molecular formula is C21H20N2O6S. The normalized spacial score (nSPS) is 16.0. The number of ether oxygens (including phenoxy) is 2. The fourth-order valence-corrected chi connectivity index (χ4v) is 3.48. The van der Waals surface area contributed by atoms with Crippen molar-refractivity contribution in [3.05, 3.63) is 52.4 Å². The van der Waals surface area contributed by atoms with Crippen molar-refractivity contribution < 1.29 is 29.3 Å².